The van der Waals surface area contributed by atoms with Crippen molar-refractivity contribution in [3.8, 4) is 0 Å². The first-order valence-corrected chi connectivity index (χ1v) is 6.51. The molecule has 1 aliphatic heterocycles. The van der Waals surface area contributed by atoms with E-state index in [0.717, 1.165) is 31.6 Å². The van der Waals surface area contributed by atoms with Gasteiger partial charge < -0.3 is 4.90 Å². The molecule has 0 unspecified atom stereocenters. The standard InChI is InChI=1S/C13H17N5O/c1-17-8-11(7-15-17)13(19)18-6-2-3-10(9-18)12-4-5-14-16-12/h4-5,7-8,10H,2-3,6,9H2,1H3,(H,14,16)/t10-/m1/s1. The Morgan fingerprint density at radius 3 is 3.11 bits per heavy atom. The van der Waals surface area contributed by atoms with Crippen LogP contribution >= 0.6 is 0 Å². The summed E-state index contributed by atoms with van der Waals surface area (Å²) in [6.07, 6.45) is 7.27. The van der Waals surface area contributed by atoms with Crippen LogP contribution in [0.2, 0.25) is 0 Å². The molecule has 2 aromatic heterocycles. The van der Waals surface area contributed by atoms with E-state index in [1.807, 2.05) is 18.0 Å². The molecule has 1 aliphatic rings. The van der Waals surface area contributed by atoms with Crippen molar-refractivity contribution < 1.29 is 4.79 Å². The van der Waals surface area contributed by atoms with Gasteiger partial charge in [0, 0.05) is 44.1 Å². The largest absolute Gasteiger partial charge is 0.338 e. The summed E-state index contributed by atoms with van der Waals surface area (Å²) in [6.45, 7) is 1.56. The number of amides is 1. The maximum absolute atomic E-state index is 12.4. The number of nitrogens with one attached hydrogen (secondary N) is 1. The van der Waals surface area contributed by atoms with Gasteiger partial charge in [-0.1, -0.05) is 0 Å². The van der Waals surface area contributed by atoms with E-state index in [0.29, 0.717) is 11.5 Å². The van der Waals surface area contributed by atoms with Crippen LogP contribution in [0.5, 0.6) is 0 Å². The average molecular weight is 259 g/mol. The first-order chi connectivity index (χ1) is 9.24. The predicted octanol–water partition coefficient (Wildman–Crippen LogP) is 1.16. The molecule has 0 radical (unpaired) electrons. The molecular weight excluding hydrogens is 242 g/mol. The molecule has 0 saturated carbocycles. The van der Waals surface area contributed by atoms with Crippen molar-refractivity contribution in [1.29, 1.82) is 0 Å². The van der Waals surface area contributed by atoms with Crippen molar-refractivity contribution >= 4 is 5.91 Å². The van der Waals surface area contributed by atoms with E-state index in [1.165, 1.54) is 0 Å². The van der Waals surface area contributed by atoms with Crippen LogP contribution in [0.3, 0.4) is 0 Å². The molecule has 3 heterocycles. The number of carbonyl (C=O) groups excluding carboxylic acids is 1. The Morgan fingerprint density at radius 2 is 2.42 bits per heavy atom. The molecule has 19 heavy (non-hydrogen) atoms. The van der Waals surface area contributed by atoms with Crippen LogP contribution in [0.1, 0.15) is 34.8 Å². The number of carbonyl (C=O) groups is 1. The van der Waals surface area contributed by atoms with Gasteiger partial charge in [0.05, 0.1) is 11.8 Å². The topological polar surface area (TPSA) is 66.8 Å². The van der Waals surface area contributed by atoms with Crippen LogP contribution in [-0.4, -0.2) is 43.9 Å². The summed E-state index contributed by atoms with van der Waals surface area (Å²) in [7, 11) is 1.82. The van der Waals surface area contributed by atoms with Crippen LogP contribution in [0.4, 0.5) is 0 Å². The number of aromatic nitrogens is 4. The summed E-state index contributed by atoms with van der Waals surface area (Å²) in [4.78, 5) is 14.3. The zero-order chi connectivity index (χ0) is 13.2. The van der Waals surface area contributed by atoms with Gasteiger partial charge in [-0.05, 0) is 18.9 Å². The Balaban J connectivity index is 1.73. The normalized spacial score (nSPS) is 19.6. The number of nitrogens with zero attached hydrogens (tertiary/aromatic N) is 4. The van der Waals surface area contributed by atoms with Crippen molar-refractivity contribution in [2.75, 3.05) is 13.1 Å². The van der Waals surface area contributed by atoms with Gasteiger partial charge in [0.25, 0.3) is 5.91 Å². The van der Waals surface area contributed by atoms with Crippen LogP contribution in [-0.2, 0) is 7.05 Å². The second kappa shape index (κ2) is 4.87. The minimum atomic E-state index is 0.0670. The number of piperidine rings is 1. The van der Waals surface area contributed by atoms with E-state index >= 15 is 0 Å². The molecule has 1 fully saturated rings. The molecule has 0 bridgehead atoms. The zero-order valence-corrected chi connectivity index (χ0v) is 10.9. The fourth-order valence-electron chi connectivity index (χ4n) is 2.62. The molecule has 6 nitrogen and oxygen atoms in total. The van der Waals surface area contributed by atoms with Gasteiger partial charge >= 0.3 is 0 Å². The van der Waals surface area contributed by atoms with Crippen LogP contribution in [0.15, 0.2) is 24.7 Å². The number of hydrogen-bond donors (Lipinski definition) is 1. The van der Waals surface area contributed by atoms with Crippen LogP contribution in [0, 0.1) is 0 Å². The second-order valence-corrected chi connectivity index (χ2v) is 5.00. The summed E-state index contributed by atoms with van der Waals surface area (Å²) >= 11 is 0. The van der Waals surface area contributed by atoms with Crippen molar-refractivity contribution in [1.82, 2.24) is 24.9 Å². The third-order valence-electron chi connectivity index (χ3n) is 3.62. The summed E-state index contributed by atoms with van der Waals surface area (Å²) in [5.41, 5.74) is 1.77. The highest BCUT2D eigenvalue weighted by Gasteiger charge is 2.26. The highest BCUT2D eigenvalue weighted by molar-refractivity contribution is 5.93. The molecule has 1 saturated heterocycles. The van der Waals surface area contributed by atoms with Gasteiger partial charge in [-0.2, -0.15) is 10.2 Å². The molecule has 0 spiro atoms. The highest BCUT2D eigenvalue weighted by Crippen LogP contribution is 2.26. The predicted molar refractivity (Wildman–Crippen MR) is 69.7 cm³/mol. The lowest BCUT2D eigenvalue weighted by atomic mass is 9.94. The van der Waals surface area contributed by atoms with E-state index in [2.05, 4.69) is 15.3 Å². The average Bonchev–Trinajstić information content (AvgIpc) is 3.09. The molecule has 6 heteroatoms. The molecule has 0 aromatic carbocycles. The van der Waals surface area contributed by atoms with E-state index in [1.54, 1.807) is 23.3 Å². The minimum absolute atomic E-state index is 0.0670. The van der Waals surface area contributed by atoms with E-state index in [4.69, 9.17) is 0 Å². The smallest absolute Gasteiger partial charge is 0.257 e. The van der Waals surface area contributed by atoms with Crippen molar-refractivity contribution in [3.05, 3.63) is 35.9 Å². The highest BCUT2D eigenvalue weighted by atomic mass is 16.2. The van der Waals surface area contributed by atoms with Crippen molar-refractivity contribution in [2.45, 2.75) is 18.8 Å². The van der Waals surface area contributed by atoms with Gasteiger partial charge in [0.2, 0.25) is 0 Å². The summed E-state index contributed by atoms with van der Waals surface area (Å²) in [5, 5.41) is 11.0. The molecule has 2 aromatic rings. The Kier molecular flexibility index (Phi) is 3.06. The third kappa shape index (κ3) is 2.38. The van der Waals surface area contributed by atoms with E-state index in [9.17, 15) is 4.79 Å². The maximum atomic E-state index is 12.4. The monoisotopic (exact) mass is 259 g/mol. The van der Waals surface area contributed by atoms with Gasteiger partial charge in [-0.15, -0.1) is 0 Å². The zero-order valence-electron chi connectivity index (χ0n) is 10.9. The molecule has 1 atom stereocenters. The van der Waals surface area contributed by atoms with Crippen molar-refractivity contribution in [3.63, 3.8) is 0 Å². The number of hydrogen-bond acceptors (Lipinski definition) is 3. The third-order valence-corrected chi connectivity index (χ3v) is 3.62. The lowest BCUT2D eigenvalue weighted by molar-refractivity contribution is 0.0706. The van der Waals surface area contributed by atoms with Gasteiger partial charge in [0.1, 0.15) is 0 Å². The Hall–Kier alpha value is -2.11. The Bertz CT molecular complexity index is 559. The number of aromatic amines is 1. The quantitative estimate of drug-likeness (QED) is 0.880. The maximum Gasteiger partial charge on any atom is 0.257 e. The van der Waals surface area contributed by atoms with Crippen molar-refractivity contribution in [2.24, 2.45) is 7.05 Å². The van der Waals surface area contributed by atoms with E-state index in [-0.39, 0.29) is 5.91 Å². The second-order valence-electron chi connectivity index (χ2n) is 5.00. The summed E-state index contributed by atoms with van der Waals surface area (Å²) in [5.74, 6) is 0.425. The molecule has 0 aliphatic carbocycles. The fraction of sp³-hybridized carbons (Fsp3) is 0.462. The van der Waals surface area contributed by atoms with Gasteiger partial charge in [0.15, 0.2) is 0 Å². The molecule has 1 amide bonds. The lowest BCUT2D eigenvalue weighted by Gasteiger charge is -2.32. The van der Waals surface area contributed by atoms with Crippen LogP contribution in [0.25, 0.3) is 0 Å². The number of aryl methyl sites for hydroxylation is 1. The van der Waals surface area contributed by atoms with Gasteiger partial charge in [-0.3, -0.25) is 14.6 Å². The molecule has 1 N–H and O–H groups in total. The Morgan fingerprint density at radius 1 is 1.53 bits per heavy atom. The molecule has 100 valence electrons. The first-order valence-electron chi connectivity index (χ1n) is 6.51. The summed E-state index contributed by atoms with van der Waals surface area (Å²) < 4.78 is 1.66. The van der Waals surface area contributed by atoms with E-state index < -0.39 is 0 Å². The molecular formula is C13H17N5O. The number of rotatable bonds is 2. The molecule has 3 rings (SSSR count). The fourth-order valence-corrected chi connectivity index (χ4v) is 2.62. The number of H-pyrrole nitrogens is 1. The van der Waals surface area contributed by atoms with Gasteiger partial charge in [-0.25, -0.2) is 0 Å². The first kappa shape index (κ1) is 12.0. The Labute approximate surface area is 111 Å². The number of likely N-dealkylation sites (tertiary alicyclic amines) is 1. The van der Waals surface area contributed by atoms with Crippen LogP contribution < -0.4 is 0 Å². The lowest BCUT2D eigenvalue weighted by Crippen LogP contribution is -2.39. The summed E-state index contributed by atoms with van der Waals surface area (Å²) in [6, 6.07) is 1.99. The SMILES string of the molecule is Cn1cc(C(=O)N2CCC[C@@H](c3ccn[nH]3)C2)cn1. The minimum Gasteiger partial charge on any atom is -0.338 e.